The van der Waals surface area contributed by atoms with Crippen LogP contribution in [0.3, 0.4) is 0 Å². The van der Waals surface area contributed by atoms with Gasteiger partial charge in [-0.2, -0.15) is 0 Å². The summed E-state index contributed by atoms with van der Waals surface area (Å²) in [5.74, 6) is -0.542. The lowest BCUT2D eigenvalue weighted by Gasteiger charge is -2.40. The standard InChI is InChI=1S/C90H64F2N2S2/c1-3-61-23-49-77(50-24-61)95-79-53-35-67(36-54-79)89(65-31-39-69(91)40-32-65)85-21-13-11-19-81(85)83-57-47-75(59-87(83)89)93(71-15-7-5-8-16-71)73-43-27-63(28-44-73)64-29-45-74(46-30-64)94(72-17-9-6-10-18-72)76-48-58-84-82-20-12-14-22-86(82)90(88(84)60-76,66-33-41-70(92)42-34-66)68-37-55-80(56-38-68)96-78-51-25-62(4-2)26-52-78/h3-60,83,87H,1-2H2. The molecule has 0 heterocycles. The predicted octanol–water partition coefficient (Wildman–Crippen LogP) is 24.4. The topological polar surface area (TPSA) is 6.48 Å². The molecular weight excluding hydrogens is 1210 g/mol. The van der Waals surface area contributed by atoms with Gasteiger partial charge >= 0.3 is 0 Å². The third kappa shape index (κ3) is 10.6. The van der Waals surface area contributed by atoms with Gasteiger partial charge in [0.25, 0.3) is 0 Å². The molecule has 0 N–H and O–H groups in total. The highest BCUT2D eigenvalue weighted by Gasteiger charge is 2.54. The monoisotopic (exact) mass is 1270 g/mol. The van der Waals surface area contributed by atoms with Gasteiger partial charge in [0.2, 0.25) is 0 Å². The Labute approximate surface area is 569 Å². The van der Waals surface area contributed by atoms with E-state index in [0.29, 0.717) is 0 Å². The lowest BCUT2D eigenvalue weighted by Crippen LogP contribution is -2.36. The second-order valence-electron chi connectivity index (χ2n) is 24.7. The third-order valence-electron chi connectivity index (χ3n) is 19.5. The number of allylic oxidation sites excluding steroid dienone is 3. The first-order chi connectivity index (χ1) is 47.3. The summed E-state index contributed by atoms with van der Waals surface area (Å²) >= 11 is 3.47. The van der Waals surface area contributed by atoms with Gasteiger partial charge in [0.1, 0.15) is 11.6 Å². The van der Waals surface area contributed by atoms with E-state index >= 15 is 8.78 Å². The average molecular weight is 1280 g/mol. The smallest absolute Gasteiger partial charge is 0.123 e. The molecule has 0 fully saturated rings. The molecule has 3 aliphatic rings. The molecule has 0 radical (unpaired) electrons. The van der Waals surface area contributed by atoms with Gasteiger partial charge in [-0.05, 0) is 217 Å². The van der Waals surface area contributed by atoms with Crippen LogP contribution in [0.5, 0.6) is 0 Å². The molecule has 4 atom stereocenters. The molecule has 0 amide bonds. The van der Waals surface area contributed by atoms with E-state index in [1.54, 1.807) is 47.8 Å². The van der Waals surface area contributed by atoms with Crippen LogP contribution in [-0.4, -0.2) is 0 Å². The number of rotatable bonds is 17. The Kier molecular flexibility index (Phi) is 15.8. The van der Waals surface area contributed by atoms with Crippen molar-refractivity contribution in [3.63, 3.8) is 0 Å². The Morgan fingerprint density at radius 2 is 0.760 bits per heavy atom. The molecule has 13 aromatic carbocycles. The van der Waals surface area contributed by atoms with Crippen molar-refractivity contribution in [1.82, 2.24) is 0 Å². The minimum atomic E-state index is -0.769. The molecule has 460 valence electrons. The Morgan fingerprint density at radius 1 is 0.354 bits per heavy atom. The maximum Gasteiger partial charge on any atom is 0.123 e. The first-order valence-electron chi connectivity index (χ1n) is 32.5. The fraction of sp³-hybridized carbons (Fsp3) is 0.0444. The maximum absolute atomic E-state index is 15.1. The van der Waals surface area contributed by atoms with Crippen molar-refractivity contribution in [3.05, 3.63) is 426 Å². The van der Waals surface area contributed by atoms with E-state index in [1.165, 1.54) is 11.1 Å². The van der Waals surface area contributed by atoms with Gasteiger partial charge < -0.3 is 9.80 Å². The van der Waals surface area contributed by atoms with Crippen molar-refractivity contribution >= 4 is 64.1 Å². The first kappa shape index (κ1) is 60.0. The number of fused-ring (bicyclic) bond motifs is 6. The van der Waals surface area contributed by atoms with Crippen molar-refractivity contribution in [2.75, 3.05) is 9.80 Å². The van der Waals surface area contributed by atoms with E-state index in [4.69, 9.17) is 0 Å². The molecular formula is C90H64F2N2S2. The number of halogens is 2. The molecule has 3 aliphatic carbocycles. The molecule has 0 aromatic heterocycles. The summed E-state index contributed by atoms with van der Waals surface area (Å²) < 4.78 is 30.2. The molecule has 0 saturated carbocycles. The van der Waals surface area contributed by atoms with Gasteiger partial charge in [0.05, 0.1) is 10.8 Å². The van der Waals surface area contributed by atoms with Crippen LogP contribution in [0.15, 0.2) is 378 Å². The number of para-hydroxylation sites is 2. The summed E-state index contributed by atoms with van der Waals surface area (Å²) in [6.45, 7) is 7.87. The number of hydrogen-bond acceptors (Lipinski definition) is 4. The van der Waals surface area contributed by atoms with Gasteiger partial charge in [0, 0.05) is 65.6 Å². The summed E-state index contributed by atoms with van der Waals surface area (Å²) in [6.07, 6.45) is 10.9. The highest BCUT2D eigenvalue weighted by molar-refractivity contribution is 7.99. The number of anilines is 5. The Bertz CT molecular complexity index is 5070. The highest BCUT2D eigenvalue weighted by atomic mass is 32.2. The quantitative estimate of drug-likeness (QED) is 0.0896. The van der Waals surface area contributed by atoms with Gasteiger partial charge in [-0.15, -0.1) is 0 Å². The van der Waals surface area contributed by atoms with Crippen molar-refractivity contribution in [3.8, 4) is 22.3 Å². The van der Waals surface area contributed by atoms with E-state index in [0.717, 1.165) is 120 Å². The SMILES string of the molecule is C=Cc1ccc(Sc2ccc(C3(c4ccc(F)cc4)c4ccccc4-c4ccc(N(c5ccccc5)c5ccc(-c6ccc(N(C7=CC8C(C=C7)c7ccccc7C8(c7ccc(F)cc7)c7ccc(Sc8ccc(C=C)cc8)cc7)c7ccccc7)cc6)cc5)cc43)cc2)cc1. The highest BCUT2D eigenvalue weighted by Crippen LogP contribution is 2.61. The van der Waals surface area contributed by atoms with E-state index in [9.17, 15) is 0 Å². The zero-order valence-electron chi connectivity index (χ0n) is 52.5. The van der Waals surface area contributed by atoms with Crippen LogP contribution in [0.2, 0.25) is 0 Å². The van der Waals surface area contributed by atoms with Crippen LogP contribution >= 0.6 is 23.5 Å². The molecule has 0 bridgehead atoms. The zero-order chi connectivity index (χ0) is 64.7. The fourth-order valence-corrected chi connectivity index (χ4v) is 16.8. The van der Waals surface area contributed by atoms with Crippen molar-refractivity contribution in [2.24, 2.45) is 5.92 Å². The van der Waals surface area contributed by atoms with Crippen molar-refractivity contribution in [2.45, 2.75) is 36.3 Å². The largest absolute Gasteiger partial charge is 0.311 e. The van der Waals surface area contributed by atoms with Gasteiger partial charge in [-0.1, -0.05) is 249 Å². The molecule has 2 nitrogen and oxygen atoms in total. The minimum absolute atomic E-state index is 0.0587. The molecule has 13 aromatic rings. The van der Waals surface area contributed by atoms with Crippen molar-refractivity contribution < 1.29 is 8.78 Å². The molecule has 6 heteroatoms. The summed E-state index contributed by atoms with van der Waals surface area (Å²) in [5, 5.41) is 0. The van der Waals surface area contributed by atoms with Crippen LogP contribution in [0.25, 0.3) is 34.4 Å². The number of hydrogen-bond donors (Lipinski definition) is 0. The predicted molar refractivity (Wildman–Crippen MR) is 396 cm³/mol. The summed E-state index contributed by atoms with van der Waals surface area (Å²) in [6, 6.07) is 113. The first-order valence-corrected chi connectivity index (χ1v) is 34.1. The lowest BCUT2D eigenvalue weighted by atomic mass is 9.63. The molecule has 4 unspecified atom stereocenters. The summed E-state index contributed by atoms with van der Waals surface area (Å²) in [4.78, 5) is 9.27. The molecule has 0 aliphatic heterocycles. The molecule has 0 saturated heterocycles. The number of nitrogens with zero attached hydrogens (tertiary/aromatic N) is 2. The summed E-state index contributed by atoms with van der Waals surface area (Å²) in [5.41, 5.74) is 20.4. The van der Waals surface area contributed by atoms with Gasteiger partial charge in [0.15, 0.2) is 0 Å². The fourth-order valence-electron chi connectivity index (χ4n) is 15.1. The van der Waals surface area contributed by atoms with E-state index in [-0.39, 0.29) is 23.5 Å². The van der Waals surface area contributed by atoms with Crippen LogP contribution in [0.4, 0.5) is 37.2 Å². The van der Waals surface area contributed by atoms with Crippen LogP contribution in [0.1, 0.15) is 61.6 Å². The third-order valence-corrected chi connectivity index (χ3v) is 21.5. The second-order valence-corrected chi connectivity index (χ2v) is 27.0. The Hall–Kier alpha value is -11.0. The normalized spacial score (nSPS) is 17.1. The van der Waals surface area contributed by atoms with Crippen LogP contribution in [0, 0.1) is 17.6 Å². The summed E-state index contributed by atoms with van der Waals surface area (Å²) in [7, 11) is 0. The second kappa shape index (κ2) is 25.4. The van der Waals surface area contributed by atoms with Gasteiger partial charge in [-0.3, -0.25) is 0 Å². The van der Waals surface area contributed by atoms with Crippen molar-refractivity contribution in [1.29, 1.82) is 0 Å². The Balaban J connectivity index is 0.747. The zero-order valence-corrected chi connectivity index (χ0v) is 54.2. The molecule has 0 spiro atoms. The van der Waals surface area contributed by atoms with Crippen LogP contribution < -0.4 is 9.80 Å². The average Bonchev–Trinajstić information content (AvgIpc) is 1.53. The van der Waals surface area contributed by atoms with Gasteiger partial charge in [-0.25, -0.2) is 8.78 Å². The molecule has 96 heavy (non-hydrogen) atoms. The maximum atomic E-state index is 15.1. The van der Waals surface area contributed by atoms with E-state index in [2.05, 4.69) is 314 Å². The minimum Gasteiger partial charge on any atom is -0.311 e. The Morgan fingerprint density at radius 3 is 1.29 bits per heavy atom. The van der Waals surface area contributed by atoms with Crippen LogP contribution in [-0.2, 0) is 10.8 Å². The van der Waals surface area contributed by atoms with E-state index in [1.807, 2.05) is 36.4 Å². The number of benzene rings is 13. The molecule has 16 rings (SSSR count). The lowest BCUT2D eigenvalue weighted by molar-refractivity contribution is 0.452. The van der Waals surface area contributed by atoms with E-state index < -0.39 is 10.8 Å².